The van der Waals surface area contributed by atoms with Gasteiger partial charge in [-0.15, -0.1) is 11.6 Å². The van der Waals surface area contributed by atoms with Crippen LogP contribution < -0.4 is 0 Å². The Morgan fingerprint density at radius 1 is 1.55 bits per heavy atom. The second-order valence-electron chi connectivity index (χ2n) is 2.34. The third-order valence-corrected chi connectivity index (χ3v) is 2.31. The van der Waals surface area contributed by atoms with Crippen LogP contribution in [0.4, 0.5) is 4.39 Å². The van der Waals surface area contributed by atoms with Crippen molar-refractivity contribution in [2.75, 3.05) is 0 Å². The van der Waals surface area contributed by atoms with Crippen molar-refractivity contribution in [2.45, 2.75) is 12.8 Å². The van der Waals surface area contributed by atoms with Crippen molar-refractivity contribution in [3.05, 3.63) is 33.5 Å². The van der Waals surface area contributed by atoms with Gasteiger partial charge < -0.3 is 0 Å². The van der Waals surface area contributed by atoms with E-state index < -0.39 is 0 Å². The topological polar surface area (TPSA) is 0 Å². The first-order valence-corrected chi connectivity index (χ1v) is 4.48. The second-order valence-corrected chi connectivity index (χ2v) is 3.46. The number of hydrogen-bond donors (Lipinski definition) is 0. The zero-order valence-corrected chi connectivity index (χ0v) is 8.34. The SMILES string of the molecule is Cc1cc(CCl)cc(Br)c1F. The van der Waals surface area contributed by atoms with Crippen molar-refractivity contribution < 1.29 is 4.39 Å². The minimum absolute atomic E-state index is 0.209. The maximum Gasteiger partial charge on any atom is 0.140 e. The van der Waals surface area contributed by atoms with Crippen molar-refractivity contribution in [3.8, 4) is 0 Å². The summed E-state index contributed by atoms with van der Waals surface area (Å²) >= 11 is 8.68. The van der Waals surface area contributed by atoms with Crippen LogP contribution >= 0.6 is 27.5 Å². The lowest BCUT2D eigenvalue weighted by molar-refractivity contribution is 0.611. The largest absolute Gasteiger partial charge is 0.205 e. The molecule has 0 aliphatic rings. The van der Waals surface area contributed by atoms with Crippen molar-refractivity contribution >= 4 is 27.5 Å². The number of hydrogen-bond acceptors (Lipinski definition) is 0. The first-order chi connectivity index (χ1) is 5.15. The highest BCUT2D eigenvalue weighted by atomic mass is 79.9. The van der Waals surface area contributed by atoms with E-state index in [1.54, 1.807) is 19.1 Å². The summed E-state index contributed by atoms with van der Waals surface area (Å²) in [5, 5.41) is 0. The normalized spacial score (nSPS) is 10.2. The molecule has 1 aromatic rings. The van der Waals surface area contributed by atoms with Crippen LogP contribution in [0.2, 0.25) is 0 Å². The minimum Gasteiger partial charge on any atom is -0.205 e. The lowest BCUT2D eigenvalue weighted by atomic mass is 10.1. The van der Waals surface area contributed by atoms with Gasteiger partial charge in [-0.1, -0.05) is 6.07 Å². The van der Waals surface area contributed by atoms with Gasteiger partial charge in [-0.2, -0.15) is 0 Å². The summed E-state index contributed by atoms with van der Waals surface area (Å²) in [6.45, 7) is 1.72. The molecule has 0 fully saturated rings. The average molecular weight is 237 g/mol. The molecule has 0 nitrogen and oxygen atoms in total. The van der Waals surface area contributed by atoms with E-state index >= 15 is 0 Å². The zero-order chi connectivity index (χ0) is 8.43. The molecule has 0 aliphatic carbocycles. The summed E-state index contributed by atoms with van der Waals surface area (Å²) in [5.74, 6) is 0.207. The molecule has 0 saturated carbocycles. The number of halogens is 3. The Kier molecular flexibility index (Phi) is 2.90. The maximum atomic E-state index is 13.0. The van der Waals surface area contributed by atoms with Crippen LogP contribution in [-0.4, -0.2) is 0 Å². The highest BCUT2D eigenvalue weighted by Crippen LogP contribution is 2.21. The maximum absolute atomic E-state index is 13.0. The molecule has 11 heavy (non-hydrogen) atoms. The van der Waals surface area contributed by atoms with E-state index in [0.717, 1.165) is 5.56 Å². The number of benzene rings is 1. The smallest absolute Gasteiger partial charge is 0.140 e. The molecule has 60 valence electrons. The molecule has 0 heterocycles. The highest BCUT2D eigenvalue weighted by Gasteiger charge is 2.03. The standard InChI is InChI=1S/C8H7BrClF/c1-5-2-6(4-10)3-7(9)8(5)11/h2-3H,4H2,1H3. The van der Waals surface area contributed by atoms with Crippen molar-refractivity contribution in [1.82, 2.24) is 0 Å². The molecule has 1 rings (SSSR count). The van der Waals surface area contributed by atoms with Gasteiger partial charge >= 0.3 is 0 Å². The Hall–Kier alpha value is -0.0800. The quantitative estimate of drug-likeness (QED) is 0.654. The summed E-state index contributed by atoms with van der Waals surface area (Å²) in [7, 11) is 0. The highest BCUT2D eigenvalue weighted by molar-refractivity contribution is 9.10. The van der Waals surface area contributed by atoms with Gasteiger partial charge in [-0.05, 0) is 40.0 Å². The summed E-state index contributed by atoms with van der Waals surface area (Å²) in [6, 6.07) is 3.43. The molecule has 0 aromatic heterocycles. The lowest BCUT2D eigenvalue weighted by Gasteiger charge is -2.01. The molecule has 0 amide bonds. The Balaban J connectivity index is 3.21. The van der Waals surface area contributed by atoms with E-state index in [-0.39, 0.29) is 5.82 Å². The predicted octanol–water partition coefficient (Wildman–Crippen LogP) is 3.64. The molecule has 3 heteroatoms. The Morgan fingerprint density at radius 3 is 2.64 bits per heavy atom. The van der Waals surface area contributed by atoms with Crippen molar-refractivity contribution in [2.24, 2.45) is 0 Å². The molecule has 0 aliphatic heterocycles. The monoisotopic (exact) mass is 236 g/mol. The van der Waals surface area contributed by atoms with Gasteiger partial charge in [0.1, 0.15) is 5.82 Å². The van der Waals surface area contributed by atoms with E-state index in [9.17, 15) is 4.39 Å². The fourth-order valence-corrected chi connectivity index (χ4v) is 1.64. The van der Waals surface area contributed by atoms with Crippen LogP contribution in [0.1, 0.15) is 11.1 Å². The Bertz CT molecular complexity index is 250. The summed E-state index contributed by atoms with van der Waals surface area (Å²) < 4.78 is 13.4. The molecule has 0 saturated heterocycles. The van der Waals surface area contributed by atoms with Crippen molar-refractivity contribution in [1.29, 1.82) is 0 Å². The Labute approximate surface area is 78.5 Å². The molecule has 0 atom stereocenters. The minimum atomic E-state index is -0.209. The Morgan fingerprint density at radius 2 is 2.18 bits per heavy atom. The fraction of sp³-hybridized carbons (Fsp3) is 0.250. The fourth-order valence-electron chi connectivity index (χ4n) is 0.875. The summed E-state index contributed by atoms with van der Waals surface area (Å²) in [5.41, 5.74) is 1.55. The van der Waals surface area contributed by atoms with Crippen LogP contribution in [0.3, 0.4) is 0 Å². The third kappa shape index (κ3) is 1.94. The van der Waals surface area contributed by atoms with E-state index in [4.69, 9.17) is 11.6 Å². The van der Waals surface area contributed by atoms with Crippen LogP contribution in [0.5, 0.6) is 0 Å². The van der Waals surface area contributed by atoms with E-state index in [0.29, 0.717) is 15.9 Å². The summed E-state index contributed by atoms with van der Waals surface area (Å²) in [4.78, 5) is 0. The van der Waals surface area contributed by atoms with Gasteiger partial charge in [-0.25, -0.2) is 4.39 Å². The number of alkyl halides is 1. The first-order valence-electron chi connectivity index (χ1n) is 3.15. The molecule has 0 bridgehead atoms. The van der Waals surface area contributed by atoms with Crippen LogP contribution in [0, 0.1) is 12.7 Å². The van der Waals surface area contributed by atoms with Gasteiger partial charge in [0.15, 0.2) is 0 Å². The van der Waals surface area contributed by atoms with Crippen LogP contribution in [-0.2, 0) is 5.88 Å². The predicted molar refractivity (Wildman–Crippen MR) is 48.4 cm³/mol. The molecule has 0 radical (unpaired) electrons. The van der Waals surface area contributed by atoms with Gasteiger partial charge in [0.25, 0.3) is 0 Å². The molecule has 1 aromatic carbocycles. The average Bonchev–Trinajstić information content (AvgIpc) is 1.99. The van der Waals surface area contributed by atoms with Gasteiger partial charge in [-0.3, -0.25) is 0 Å². The third-order valence-electron chi connectivity index (χ3n) is 1.42. The molecular formula is C8H7BrClF. The zero-order valence-electron chi connectivity index (χ0n) is 6.00. The van der Waals surface area contributed by atoms with E-state index in [1.165, 1.54) is 0 Å². The number of rotatable bonds is 1. The number of aryl methyl sites for hydroxylation is 1. The van der Waals surface area contributed by atoms with Gasteiger partial charge in [0, 0.05) is 5.88 Å². The van der Waals surface area contributed by atoms with E-state index in [2.05, 4.69) is 15.9 Å². The van der Waals surface area contributed by atoms with Crippen molar-refractivity contribution in [3.63, 3.8) is 0 Å². The van der Waals surface area contributed by atoms with E-state index in [1.807, 2.05) is 0 Å². The summed E-state index contributed by atoms with van der Waals surface area (Å²) in [6.07, 6.45) is 0. The molecular weight excluding hydrogens is 230 g/mol. The lowest BCUT2D eigenvalue weighted by Crippen LogP contribution is -1.87. The van der Waals surface area contributed by atoms with Gasteiger partial charge in [0.05, 0.1) is 4.47 Å². The van der Waals surface area contributed by atoms with Gasteiger partial charge in [0.2, 0.25) is 0 Å². The second kappa shape index (κ2) is 3.55. The molecule has 0 N–H and O–H groups in total. The first kappa shape index (κ1) is 9.01. The molecule has 0 unspecified atom stereocenters. The molecule has 0 spiro atoms. The van der Waals surface area contributed by atoms with Crippen LogP contribution in [0.15, 0.2) is 16.6 Å². The van der Waals surface area contributed by atoms with Crippen LogP contribution in [0.25, 0.3) is 0 Å².